The van der Waals surface area contributed by atoms with Crippen LogP contribution in [0.25, 0.3) is 0 Å². The molecule has 0 saturated heterocycles. The normalized spacial score (nSPS) is 10.8. The molecular weight excluding hydrogens is 206 g/mol. The summed E-state index contributed by atoms with van der Waals surface area (Å²) in [6.45, 7) is 6.52. The standard InChI is InChI=1S/C12H21NOS/c1-3-7-13-8-4-5-10-15-12-6-9-14-11(12)2/h6,9,13H,3-5,7-8,10H2,1-2H3. The van der Waals surface area contributed by atoms with E-state index in [1.165, 1.54) is 29.9 Å². The molecule has 0 spiro atoms. The first-order valence-electron chi connectivity index (χ1n) is 5.72. The van der Waals surface area contributed by atoms with E-state index >= 15 is 0 Å². The summed E-state index contributed by atoms with van der Waals surface area (Å²) in [5, 5.41) is 3.41. The van der Waals surface area contributed by atoms with E-state index in [2.05, 4.69) is 18.3 Å². The summed E-state index contributed by atoms with van der Waals surface area (Å²) >= 11 is 1.90. The number of thioether (sulfide) groups is 1. The van der Waals surface area contributed by atoms with Crippen LogP contribution in [0.15, 0.2) is 21.6 Å². The summed E-state index contributed by atoms with van der Waals surface area (Å²) < 4.78 is 5.24. The molecule has 1 aromatic heterocycles. The average molecular weight is 227 g/mol. The van der Waals surface area contributed by atoms with Crippen molar-refractivity contribution < 1.29 is 4.42 Å². The minimum absolute atomic E-state index is 1.05. The molecule has 0 saturated carbocycles. The van der Waals surface area contributed by atoms with Crippen LogP contribution in [0.2, 0.25) is 0 Å². The molecule has 0 radical (unpaired) electrons. The average Bonchev–Trinajstić information content (AvgIpc) is 2.63. The first-order chi connectivity index (χ1) is 7.34. The van der Waals surface area contributed by atoms with Gasteiger partial charge >= 0.3 is 0 Å². The molecule has 0 atom stereocenters. The van der Waals surface area contributed by atoms with Crippen molar-refractivity contribution in [2.75, 3.05) is 18.8 Å². The Morgan fingerprint density at radius 3 is 2.87 bits per heavy atom. The van der Waals surface area contributed by atoms with E-state index in [9.17, 15) is 0 Å². The van der Waals surface area contributed by atoms with Crippen molar-refractivity contribution in [3.8, 4) is 0 Å². The molecule has 2 nitrogen and oxygen atoms in total. The molecule has 0 aliphatic heterocycles. The van der Waals surface area contributed by atoms with Gasteiger partial charge in [0.05, 0.1) is 6.26 Å². The molecule has 0 unspecified atom stereocenters. The first-order valence-corrected chi connectivity index (χ1v) is 6.70. The lowest BCUT2D eigenvalue weighted by molar-refractivity contribution is 0.527. The second kappa shape index (κ2) is 7.83. The fourth-order valence-corrected chi connectivity index (χ4v) is 2.33. The maximum Gasteiger partial charge on any atom is 0.114 e. The Bertz CT molecular complexity index is 260. The maximum atomic E-state index is 5.24. The van der Waals surface area contributed by atoms with Crippen molar-refractivity contribution in [1.29, 1.82) is 0 Å². The number of hydrogen-bond donors (Lipinski definition) is 1. The minimum Gasteiger partial charge on any atom is -0.468 e. The third kappa shape index (κ3) is 5.28. The van der Waals surface area contributed by atoms with E-state index in [0.29, 0.717) is 0 Å². The van der Waals surface area contributed by atoms with Gasteiger partial charge in [0.15, 0.2) is 0 Å². The number of unbranched alkanes of at least 4 members (excludes halogenated alkanes) is 1. The molecule has 1 rings (SSSR count). The van der Waals surface area contributed by atoms with Gasteiger partial charge in [-0.25, -0.2) is 0 Å². The fourth-order valence-electron chi connectivity index (χ4n) is 1.36. The van der Waals surface area contributed by atoms with Crippen LogP contribution >= 0.6 is 11.8 Å². The Labute approximate surface area is 96.8 Å². The molecule has 0 aliphatic rings. The minimum atomic E-state index is 1.05. The Morgan fingerprint density at radius 1 is 1.33 bits per heavy atom. The van der Waals surface area contributed by atoms with Crippen LogP contribution in [-0.4, -0.2) is 18.8 Å². The van der Waals surface area contributed by atoms with E-state index in [-0.39, 0.29) is 0 Å². The quantitative estimate of drug-likeness (QED) is 0.544. The first kappa shape index (κ1) is 12.7. The largest absolute Gasteiger partial charge is 0.468 e. The predicted octanol–water partition coefficient (Wildman–Crippen LogP) is 3.46. The SMILES string of the molecule is CCCNCCCCSc1ccoc1C. The number of rotatable bonds is 8. The summed E-state index contributed by atoms with van der Waals surface area (Å²) in [7, 11) is 0. The monoisotopic (exact) mass is 227 g/mol. The Balaban J connectivity index is 1.96. The molecule has 1 N–H and O–H groups in total. The van der Waals surface area contributed by atoms with Crippen LogP contribution in [0.1, 0.15) is 31.9 Å². The molecule has 15 heavy (non-hydrogen) atoms. The van der Waals surface area contributed by atoms with E-state index < -0.39 is 0 Å². The molecule has 3 heteroatoms. The van der Waals surface area contributed by atoms with Gasteiger partial charge in [-0.3, -0.25) is 0 Å². The summed E-state index contributed by atoms with van der Waals surface area (Å²) in [6, 6.07) is 2.05. The Morgan fingerprint density at radius 2 is 2.20 bits per heavy atom. The van der Waals surface area contributed by atoms with Gasteiger partial charge in [-0.15, -0.1) is 11.8 Å². The van der Waals surface area contributed by atoms with Gasteiger partial charge in [0.25, 0.3) is 0 Å². The zero-order valence-corrected chi connectivity index (χ0v) is 10.5. The van der Waals surface area contributed by atoms with Crippen LogP contribution in [0.3, 0.4) is 0 Å². The van der Waals surface area contributed by atoms with Crippen LogP contribution < -0.4 is 5.32 Å². The van der Waals surface area contributed by atoms with Gasteiger partial charge in [-0.05, 0) is 51.1 Å². The lowest BCUT2D eigenvalue weighted by Gasteiger charge is -2.02. The highest BCUT2D eigenvalue weighted by molar-refractivity contribution is 7.99. The smallest absolute Gasteiger partial charge is 0.114 e. The molecule has 1 aromatic rings. The number of furan rings is 1. The molecule has 1 heterocycles. The predicted molar refractivity (Wildman–Crippen MR) is 66.6 cm³/mol. The second-order valence-corrected chi connectivity index (χ2v) is 4.78. The topological polar surface area (TPSA) is 25.2 Å². The Hall–Kier alpha value is -0.410. The fraction of sp³-hybridized carbons (Fsp3) is 0.667. The molecule has 86 valence electrons. The van der Waals surface area contributed by atoms with Crippen LogP contribution in [0.5, 0.6) is 0 Å². The van der Waals surface area contributed by atoms with Crippen molar-refractivity contribution in [3.63, 3.8) is 0 Å². The lowest BCUT2D eigenvalue weighted by atomic mass is 10.3. The van der Waals surface area contributed by atoms with Gasteiger partial charge in [0, 0.05) is 4.90 Å². The van der Waals surface area contributed by atoms with Gasteiger partial charge in [-0.1, -0.05) is 6.92 Å². The van der Waals surface area contributed by atoms with E-state index in [1.807, 2.05) is 18.7 Å². The van der Waals surface area contributed by atoms with Crippen molar-refractivity contribution in [2.24, 2.45) is 0 Å². The highest BCUT2D eigenvalue weighted by Crippen LogP contribution is 2.23. The molecule has 0 fully saturated rings. The van der Waals surface area contributed by atoms with E-state index in [1.54, 1.807) is 6.26 Å². The summed E-state index contributed by atoms with van der Waals surface area (Å²) in [4.78, 5) is 1.29. The summed E-state index contributed by atoms with van der Waals surface area (Å²) in [5.74, 6) is 2.23. The van der Waals surface area contributed by atoms with Crippen LogP contribution in [0.4, 0.5) is 0 Å². The van der Waals surface area contributed by atoms with Gasteiger partial charge in [0.1, 0.15) is 5.76 Å². The molecule has 0 amide bonds. The number of nitrogens with one attached hydrogen (secondary N) is 1. The van der Waals surface area contributed by atoms with Crippen LogP contribution in [-0.2, 0) is 0 Å². The van der Waals surface area contributed by atoms with E-state index in [4.69, 9.17) is 4.42 Å². The molecule has 0 aliphatic carbocycles. The van der Waals surface area contributed by atoms with Crippen molar-refractivity contribution in [2.45, 2.75) is 38.0 Å². The van der Waals surface area contributed by atoms with Crippen molar-refractivity contribution in [3.05, 3.63) is 18.1 Å². The molecule has 0 bridgehead atoms. The van der Waals surface area contributed by atoms with E-state index in [0.717, 1.165) is 18.8 Å². The zero-order valence-electron chi connectivity index (χ0n) is 9.71. The van der Waals surface area contributed by atoms with Crippen molar-refractivity contribution >= 4 is 11.8 Å². The Kier molecular flexibility index (Phi) is 6.60. The summed E-state index contributed by atoms with van der Waals surface area (Å²) in [6.07, 6.45) is 5.53. The third-order valence-corrected chi connectivity index (χ3v) is 3.47. The highest BCUT2D eigenvalue weighted by atomic mass is 32.2. The van der Waals surface area contributed by atoms with Crippen LogP contribution in [0, 0.1) is 6.92 Å². The number of aryl methyl sites for hydroxylation is 1. The summed E-state index contributed by atoms with van der Waals surface area (Å²) in [5.41, 5.74) is 0. The molecular formula is C12H21NOS. The number of hydrogen-bond acceptors (Lipinski definition) is 3. The van der Waals surface area contributed by atoms with Crippen molar-refractivity contribution in [1.82, 2.24) is 5.32 Å². The highest BCUT2D eigenvalue weighted by Gasteiger charge is 2.00. The van der Waals surface area contributed by atoms with Gasteiger partial charge in [0.2, 0.25) is 0 Å². The lowest BCUT2D eigenvalue weighted by Crippen LogP contribution is -2.15. The molecule has 0 aromatic carbocycles. The maximum absolute atomic E-state index is 5.24. The third-order valence-electron chi connectivity index (χ3n) is 2.24. The van der Waals surface area contributed by atoms with Gasteiger partial charge in [-0.2, -0.15) is 0 Å². The van der Waals surface area contributed by atoms with Gasteiger partial charge < -0.3 is 9.73 Å². The zero-order chi connectivity index (χ0) is 10.9. The second-order valence-electron chi connectivity index (χ2n) is 3.65.